The van der Waals surface area contributed by atoms with E-state index in [4.69, 9.17) is 10.4 Å². The second kappa shape index (κ2) is 4.11. The van der Waals surface area contributed by atoms with Gasteiger partial charge in [-0.25, -0.2) is 13.8 Å². The van der Waals surface area contributed by atoms with E-state index in [-0.39, 0.29) is 11.3 Å². The summed E-state index contributed by atoms with van der Waals surface area (Å²) in [6.45, 7) is 1.05. The van der Waals surface area contributed by atoms with Gasteiger partial charge in [-0.15, -0.1) is 0 Å². The maximum absolute atomic E-state index is 12.5. The molecule has 14 heavy (non-hydrogen) atoms. The number of nitrogens with zero attached hydrogens (tertiary/aromatic N) is 2. The van der Waals surface area contributed by atoms with Crippen molar-refractivity contribution >= 4 is 0 Å². The normalized spacial score (nSPS) is 10.3. The number of hydrogen-bond acceptors (Lipinski definition) is 3. The first-order chi connectivity index (χ1) is 6.61. The van der Waals surface area contributed by atoms with E-state index in [1.54, 1.807) is 13.0 Å². The smallest absolute Gasteiger partial charge is 0.267 e. The Hall–Kier alpha value is -1.54. The molecule has 0 saturated carbocycles. The standard InChI is InChI=1S/C9H8F2N2O/c1-5-3-13-7(2-12)8(9(10)11)6(5)4-14/h3,9,14H,4H2,1H3. The molecular formula is C9H8F2N2O. The molecule has 0 amide bonds. The highest BCUT2D eigenvalue weighted by Gasteiger charge is 2.20. The number of pyridine rings is 1. The number of halogens is 2. The van der Waals surface area contributed by atoms with E-state index in [0.29, 0.717) is 5.56 Å². The van der Waals surface area contributed by atoms with Gasteiger partial charge in [-0.05, 0) is 18.1 Å². The Morgan fingerprint density at radius 1 is 1.64 bits per heavy atom. The molecule has 0 aliphatic carbocycles. The molecule has 1 heterocycles. The lowest BCUT2D eigenvalue weighted by Gasteiger charge is -2.10. The maximum atomic E-state index is 12.5. The van der Waals surface area contributed by atoms with Crippen molar-refractivity contribution < 1.29 is 13.9 Å². The summed E-state index contributed by atoms with van der Waals surface area (Å²) in [5, 5.41) is 17.4. The van der Waals surface area contributed by atoms with Gasteiger partial charge in [0.05, 0.1) is 12.2 Å². The minimum Gasteiger partial charge on any atom is -0.392 e. The summed E-state index contributed by atoms with van der Waals surface area (Å²) in [6.07, 6.45) is -1.49. The van der Waals surface area contributed by atoms with E-state index in [0.717, 1.165) is 0 Å². The topological polar surface area (TPSA) is 56.9 Å². The van der Waals surface area contributed by atoms with Crippen molar-refractivity contribution in [2.45, 2.75) is 20.0 Å². The molecule has 74 valence electrons. The maximum Gasteiger partial charge on any atom is 0.267 e. The van der Waals surface area contributed by atoms with Gasteiger partial charge in [0.25, 0.3) is 6.43 Å². The zero-order chi connectivity index (χ0) is 10.7. The average molecular weight is 198 g/mol. The van der Waals surface area contributed by atoms with E-state index in [2.05, 4.69) is 4.98 Å². The first-order valence-corrected chi connectivity index (χ1v) is 3.89. The fraction of sp³-hybridized carbons (Fsp3) is 0.333. The van der Waals surface area contributed by atoms with Crippen LogP contribution in [-0.2, 0) is 6.61 Å². The molecule has 0 atom stereocenters. The molecule has 0 saturated heterocycles. The molecular weight excluding hydrogens is 190 g/mol. The highest BCUT2D eigenvalue weighted by Crippen LogP contribution is 2.27. The van der Waals surface area contributed by atoms with Gasteiger partial charge in [-0.3, -0.25) is 0 Å². The van der Waals surface area contributed by atoms with Gasteiger partial charge in [0.2, 0.25) is 0 Å². The van der Waals surface area contributed by atoms with E-state index in [9.17, 15) is 8.78 Å². The summed E-state index contributed by atoms with van der Waals surface area (Å²) in [6, 6.07) is 1.58. The quantitative estimate of drug-likeness (QED) is 0.786. The van der Waals surface area contributed by atoms with Crippen molar-refractivity contribution in [3.05, 3.63) is 28.6 Å². The molecule has 1 aromatic rings. The molecule has 0 unspecified atom stereocenters. The molecule has 0 spiro atoms. The molecule has 0 fully saturated rings. The molecule has 0 aliphatic rings. The fourth-order valence-corrected chi connectivity index (χ4v) is 1.20. The predicted molar refractivity (Wildman–Crippen MR) is 44.6 cm³/mol. The second-order valence-corrected chi connectivity index (χ2v) is 2.75. The van der Waals surface area contributed by atoms with Crippen molar-refractivity contribution in [3.63, 3.8) is 0 Å². The molecule has 3 nitrogen and oxygen atoms in total. The Labute approximate surface area is 79.6 Å². The van der Waals surface area contributed by atoms with Crippen LogP contribution in [0.4, 0.5) is 8.78 Å². The van der Waals surface area contributed by atoms with E-state index in [1.165, 1.54) is 6.20 Å². The molecule has 1 aromatic heterocycles. The average Bonchev–Trinajstić information content (AvgIpc) is 2.17. The first kappa shape index (κ1) is 10.5. The van der Waals surface area contributed by atoms with Crippen LogP contribution >= 0.6 is 0 Å². The highest BCUT2D eigenvalue weighted by atomic mass is 19.3. The molecule has 0 bridgehead atoms. The Balaban J connectivity index is 3.46. The second-order valence-electron chi connectivity index (χ2n) is 2.75. The lowest BCUT2D eigenvalue weighted by molar-refractivity contribution is 0.146. The Bertz CT molecular complexity index is 385. The summed E-state index contributed by atoms with van der Waals surface area (Å²) in [5.74, 6) is 0. The Kier molecular flexibility index (Phi) is 3.10. The minimum absolute atomic E-state index is 0.0894. The van der Waals surface area contributed by atoms with Crippen LogP contribution in [0, 0.1) is 18.3 Å². The van der Waals surface area contributed by atoms with Gasteiger partial charge in [0.15, 0.2) is 0 Å². The first-order valence-electron chi connectivity index (χ1n) is 3.89. The molecule has 5 heteroatoms. The molecule has 1 N–H and O–H groups in total. The number of rotatable bonds is 2. The van der Waals surface area contributed by atoms with Gasteiger partial charge in [0.1, 0.15) is 11.8 Å². The van der Waals surface area contributed by atoms with Gasteiger partial charge in [-0.2, -0.15) is 5.26 Å². The summed E-state index contributed by atoms with van der Waals surface area (Å²) in [4.78, 5) is 3.57. The van der Waals surface area contributed by atoms with Crippen molar-refractivity contribution in [2.75, 3.05) is 0 Å². The van der Waals surface area contributed by atoms with Crippen molar-refractivity contribution in [1.82, 2.24) is 4.98 Å². The summed E-state index contributed by atoms with van der Waals surface area (Å²) >= 11 is 0. The van der Waals surface area contributed by atoms with Crippen molar-refractivity contribution in [3.8, 4) is 6.07 Å². The molecule has 0 radical (unpaired) electrons. The van der Waals surface area contributed by atoms with E-state index < -0.39 is 18.6 Å². The van der Waals surface area contributed by atoms with Crippen LogP contribution < -0.4 is 0 Å². The van der Waals surface area contributed by atoms with Crippen LogP contribution in [0.15, 0.2) is 6.20 Å². The van der Waals surface area contributed by atoms with Crippen LogP contribution in [0.5, 0.6) is 0 Å². The number of nitriles is 1. The van der Waals surface area contributed by atoms with Crippen LogP contribution in [0.1, 0.15) is 28.8 Å². The van der Waals surface area contributed by atoms with Crippen LogP contribution in [0.2, 0.25) is 0 Å². The van der Waals surface area contributed by atoms with Crippen LogP contribution in [0.3, 0.4) is 0 Å². The monoisotopic (exact) mass is 198 g/mol. The van der Waals surface area contributed by atoms with Gasteiger partial charge in [0, 0.05) is 6.20 Å². The van der Waals surface area contributed by atoms with Crippen LogP contribution in [0.25, 0.3) is 0 Å². The Morgan fingerprint density at radius 3 is 2.71 bits per heavy atom. The number of aryl methyl sites for hydroxylation is 1. The zero-order valence-corrected chi connectivity index (χ0v) is 7.46. The predicted octanol–water partition coefficient (Wildman–Crippen LogP) is 1.69. The number of aromatic nitrogens is 1. The third kappa shape index (κ3) is 1.70. The lowest BCUT2D eigenvalue weighted by atomic mass is 10.0. The fourth-order valence-electron chi connectivity index (χ4n) is 1.20. The van der Waals surface area contributed by atoms with Gasteiger partial charge in [-0.1, -0.05) is 0 Å². The SMILES string of the molecule is Cc1cnc(C#N)c(C(F)F)c1CO. The zero-order valence-electron chi connectivity index (χ0n) is 7.46. The van der Waals surface area contributed by atoms with Gasteiger partial charge < -0.3 is 5.11 Å². The third-order valence-electron chi connectivity index (χ3n) is 1.93. The summed E-state index contributed by atoms with van der Waals surface area (Å²) in [5.41, 5.74) is -0.238. The lowest BCUT2D eigenvalue weighted by Crippen LogP contribution is -2.03. The minimum atomic E-state index is -2.79. The van der Waals surface area contributed by atoms with Crippen LogP contribution in [-0.4, -0.2) is 10.1 Å². The number of aliphatic hydroxyl groups excluding tert-OH is 1. The number of aliphatic hydroxyl groups is 1. The molecule has 0 aromatic carbocycles. The summed E-state index contributed by atoms with van der Waals surface area (Å²) in [7, 11) is 0. The molecule has 0 aliphatic heterocycles. The van der Waals surface area contributed by atoms with Gasteiger partial charge >= 0.3 is 0 Å². The highest BCUT2D eigenvalue weighted by molar-refractivity contribution is 5.41. The number of hydrogen-bond donors (Lipinski definition) is 1. The largest absolute Gasteiger partial charge is 0.392 e. The van der Waals surface area contributed by atoms with E-state index >= 15 is 0 Å². The van der Waals surface area contributed by atoms with Crippen molar-refractivity contribution in [2.24, 2.45) is 0 Å². The van der Waals surface area contributed by atoms with E-state index in [1.807, 2.05) is 0 Å². The van der Waals surface area contributed by atoms with Crippen molar-refractivity contribution in [1.29, 1.82) is 5.26 Å². The summed E-state index contributed by atoms with van der Waals surface area (Å²) < 4.78 is 25.1. The Morgan fingerprint density at radius 2 is 2.29 bits per heavy atom. The number of alkyl halides is 2. The third-order valence-corrected chi connectivity index (χ3v) is 1.93. The molecule has 1 rings (SSSR count).